The average Bonchev–Trinajstić information content (AvgIpc) is 2.52. The molecule has 0 radical (unpaired) electrons. The van der Waals surface area contributed by atoms with Crippen molar-refractivity contribution in [3.63, 3.8) is 0 Å². The third-order valence-corrected chi connectivity index (χ3v) is 2.07. The minimum Gasteiger partial charge on any atom is -0.466 e. The molecule has 0 atom stereocenters. The Morgan fingerprint density at radius 3 is 3.00 bits per heavy atom. The van der Waals surface area contributed by atoms with Crippen molar-refractivity contribution in [3.8, 4) is 0 Å². The van der Waals surface area contributed by atoms with Crippen LogP contribution in [0.2, 0.25) is 0 Å². The van der Waals surface area contributed by atoms with E-state index in [0.29, 0.717) is 13.0 Å². The van der Waals surface area contributed by atoms with E-state index in [1.165, 1.54) is 5.56 Å². The quantitative estimate of drug-likeness (QED) is 0.728. The van der Waals surface area contributed by atoms with Crippen LogP contribution >= 0.6 is 0 Å². The lowest BCUT2D eigenvalue weighted by Crippen LogP contribution is -2.04. The van der Waals surface area contributed by atoms with Crippen LogP contribution in [0.25, 0.3) is 0 Å². The van der Waals surface area contributed by atoms with Crippen molar-refractivity contribution in [2.24, 2.45) is 0 Å². The molecule has 0 aliphatic rings. The number of esters is 1. The number of hydrogen-bond donors (Lipinski definition) is 1. The Balaban J connectivity index is 2.22. The van der Waals surface area contributed by atoms with Crippen LogP contribution in [-0.2, 0) is 16.0 Å². The second-order valence-electron chi connectivity index (χ2n) is 3.18. The van der Waals surface area contributed by atoms with Crippen molar-refractivity contribution in [1.29, 1.82) is 0 Å². The van der Waals surface area contributed by atoms with Crippen LogP contribution in [-0.4, -0.2) is 22.8 Å². The number of nitrogens with one attached hydrogen (secondary N) is 1. The first-order valence-corrected chi connectivity index (χ1v) is 4.88. The number of carbonyl (C=O) groups excluding carboxylic acids is 1. The summed E-state index contributed by atoms with van der Waals surface area (Å²) in [5, 5.41) is 6.78. The zero-order chi connectivity index (χ0) is 10.4. The monoisotopic (exact) mass is 196 g/mol. The van der Waals surface area contributed by atoms with E-state index in [-0.39, 0.29) is 5.97 Å². The summed E-state index contributed by atoms with van der Waals surface area (Å²) in [6, 6.07) is 0. The van der Waals surface area contributed by atoms with E-state index in [4.69, 9.17) is 4.74 Å². The Bertz CT molecular complexity index is 294. The highest BCUT2D eigenvalue weighted by Gasteiger charge is 2.04. The molecule has 1 rings (SSSR count). The van der Waals surface area contributed by atoms with Crippen molar-refractivity contribution in [1.82, 2.24) is 10.2 Å². The number of carbonyl (C=O) groups is 1. The Labute approximate surface area is 83.7 Å². The van der Waals surface area contributed by atoms with Gasteiger partial charge in [0.05, 0.1) is 12.8 Å². The van der Waals surface area contributed by atoms with Gasteiger partial charge in [0.15, 0.2) is 0 Å². The number of H-pyrrole nitrogens is 1. The molecule has 0 aliphatic heterocycles. The van der Waals surface area contributed by atoms with Crippen LogP contribution in [0, 0.1) is 6.92 Å². The van der Waals surface area contributed by atoms with Gasteiger partial charge in [-0.05, 0) is 32.3 Å². The molecule has 1 aromatic rings. The summed E-state index contributed by atoms with van der Waals surface area (Å²) in [5.41, 5.74) is 2.25. The molecule has 0 saturated heterocycles. The van der Waals surface area contributed by atoms with E-state index in [1.807, 2.05) is 13.8 Å². The van der Waals surface area contributed by atoms with Gasteiger partial charge >= 0.3 is 5.97 Å². The van der Waals surface area contributed by atoms with Gasteiger partial charge in [-0.1, -0.05) is 0 Å². The summed E-state index contributed by atoms with van der Waals surface area (Å²) in [6.07, 6.45) is 3.99. The van der Waals surface area contributed by atoms with E-state index in [1.54, 1.807) is 6.20 Å². The summed E-state index contributed by atoms with van der Waals surface area (Å²) in [7, 11) is 0. The van der Waals surface area contributed by atoms with Crippen molar-refractivity contribution >= 4 is 5.97 Å². The number of rotatable bonds is 5. The highest BCUT2D eigenvalue weighted by Crippen LogP contribution is 2.07. The van der Waals surface area contributed by atoms with Crippen LogP contribution in [0.1, 0.15) is 31.0 Å². The van der Waals surface area contributed by atoms with Crippen molar-refractivity contribution in [2.45, 2.75) is 33.1 Å². The normalized spacial score (nSPS) is 10.1. The van der Waals surface area contributed by atoms with Gasteiger partial charge in [-0.15, -0.1) is 0 Å². The summed E-state index contributed by atoms with van der Waals surface area (Å²) < 4.78 is 4.83. The fourth-order valence-electron chi connectivity index (χ4n) is 1.28. The van der Waals surface area contributed by atoms with E-state index < -0.39 is 0 Å². The van der Waals surface area contributed by atoms with E-state index in [0.717, 1.165) is 18.5 Å². The zero-order valence-electron chi connectivity index (χ0n) is 8.67. The molecule has 1 aromatic heterocycles. The van der Waals surface area contributed by atoms with Gasteiger partial charge in [-0.3, -0.25) is 9.89 Å². The predicted molar refractivity (Wildman–Crippen MR) is 52.9 cm³/mol. The first-order chi connectivity index (χ1) is 6.74. The fraction of sp³-hybridized carbons (Fsp3) is 0.600. The largest absolute Gasteiger partial charge is 0.466 e. The third-order valence-electron chi connectivity index (χ3n) is 2.07. The standard InChI is InChI=1S/C10H16N2O2/c1-3-14-10(13)6-4-5-9-7-11-12-8(9)2/h7H,3-6H2,1-2H3,(H,11,12). The van der Waals surface area contributed by atoms with Crippen LogP contribution in [0.15, 0.2) is 6.20 Å². The molecular formula is C10H16N2O2. The summed E-state index contributed by atoms with van der Waals surface area (Å²) >= 11 is 0. The lowest BCUT2D eigenvalue weighted by Gasteiger charge is -2.00. The minimum absolute atomic E-state index is 0.117. The molecule has 0 fully saturated rings. The fourth-order valence-corrected chi connectivity index (χ4v) is 1.28. The maximum Gasteiger partial charge on any atom is 0.305 e. The first kappa shape index (κ1) is 10.8. The first-order valence-electron chi connectivity index (χ1n) is 4.88. The summed E-state index contributed by atoms with van der Waals surface area (Å²) in [6.45, 7) is 4.26. The summed E-state index contributed by atoms with van der Waals surface area (Å²) in [5.74, 6) is -0.117. The Morgan fingerprint density at radius 2 is 2.43 bits per heavy atom. The highest BCUT2D eigenvalue weighted by molar-refractivity contribution is 5.69. The molecule has 0 aliphatic carbocycles. The SMILES string of the molecule is CCOC(=O)CCCc1cn[nH]c1C. The van der Waals surface area contributed by atoms with Gasteiger partial charge < -0.3 is 4.74 Å². The number of ether oxygens (including phenoxy) is 1. The molecule has 4 heteroatoms. The van der Waals surface area contributed by atoms with E-state index >= 15 is 0 Å². The molecule has 0 spiro atoms. The second-order valence-corrected chi connectivity index (χ2v) is 3.18. The maximum absolute atomic E-state index is 11.0. The Hall–Kier alpha value is -1.32. The molecule has 0 aromatic carbocycles. The molecular weight excluding hydrogens is 180 g/mol. The van der Waals surface area contributed by atoms with E-state index in [2.05, 4.69) is 10.2 Å². The Morgan fingerprint density at radius 1 is 1.64 bits per heavy atom. The smallest absolute Gasteiger partial charge is 0.305 e. The van der Waals surface area contributed by atoms with Crippen molar-refractivity contribution in [3.05, 3.63) is 17.5 Å². The zero-order valence-corrected chi connectivity index (χ0v) is 8.67. The molecule has 0 saturated carbocycles. The molecule has 0 amide bonds. The number of aryl methyl sites for hydroxylation is 2. The predicted octanol–water partition coefficient (Wildman–Crippen LogP) is 1.60. The third kappa shape index (κ3) is 3.20. The number of hydrogen-bond acceptors (Lipinski definition) is 3. The molecule has 1 N–H and O–H groups in total. The Kier molecular flexibility index (Phi) is 4.16. The van der Waals surface area contributed by atoms with Crippen LogP contribution < -0.4 is 0 Å². The minimum atomic E-state index is -0.117. The van der Waals surface area contributed by atoms with Gasteiger partial charge in [0.1, 0.15) is 0 Å². The van der Waals surface area contributed by atoms with Crippen LogP contribution in [0.3, 0.4) is 0 Å². The van der Waals surface area contributed by atoms with Gasteiger partial charge in [0.2, 0.25) is 0 Å². The van der Waals surface area contributed by atoms with Crippen molar-refractivity contribution in [2.75, 3.05) is 6.61 Å². The molecule has 14 heavy (non-hydrogen) atoms. The van der Waals surface area contributed by atoms with Crippen LogP contribution in [0.5, 0.6) is 0 Å². The van der Waals surface area contributed by atoms with Crippen molar-refractivity contribution < 1.29 is 9.53 Å². The molecule has 78 valence electrons. The lowest BCUT2D eigenvalue weighted by molar-refractivity contribution is -0.143. The highest BCUT2D eigenvalue weighted by atomic mass is 16.5. The van der Waals surface area contributed by atoms with Gasteiger partial charge in [0.25, 0.3) is 0 Å². The average molecular weight is 196 g/mol. The van der Waals surface area contributed by atoms with E-state index in [9.17, 15) is 4.79 Å². The number of aromatic nitrogens is 2. The maximum atomic E-state index is 11.0. The topological polar surface area (TPSA) is 55.0 Å². The second kappa shape index (κ2) is 5.42. The molecule has 0 unspecified atom stereocenters. The van der Waals surface area contributed by atoms with Crippen LogP contribution in [0.4, 0.5) is 0 Å². The number of nitrogens with zero attached hydrogens (tertiary/aromatic N) is 1. The number of aromatic amines is 1. The van der Waals surface area contributed by atoms with Gasteiger partial charge in [-0.2, -0.15) is 5.10 Å². The molecule has 1 heterocycles. The molecule has 4 nitrogen and oxygen atoms in total. The molecule has 0 bridgehead atoms. The lowest BCUT2D eigenvalue weighted by atomic mass is 10.1. The summed E-state index contributed by atoms with van der Waals surface area (Å²) in [4.78, 5) is 11.0. The van der Waals surface area contributed by atoms with Gasteiger partial charge in [-0.25, -0.2) is 0 Å². The van der Waals surface area contributed by atoms with Gasteiger partial charge in [0, 0.05) is 12.1 Å².